The molecule has 0 atom stereocenters. The van der Waals surface area contributed by atoms with Gasteiger partial charge in [0.1, 0.15) is 0 Å². The first-order chi connectivity index (χ1) is 30.2. The first-order valence-corrected chi connectivity index (χ1v) is 22.9. The van der Waals surface area contributed by atoms with E-state index < -0.39 is 0 Å². The van der Waals surface area contributed by atoms with Crippen LogP contribution in [0.25, 0.3) is 88.1 Å². The average molecular weight is 1030 g/mol. The summed E-state index contributed by atoms with van der Waals surface area (Å²) in [6.45, 7) is 27.7. The summed E-state index contributed by atoms with van der Waals surface area (Å²) in [4.78, 5) is 4.92. The van der Waals surface area contributed by atoms with Crippen molar-refractivity contribution in [3.8, 4) is 33.8 Å². The standard InChI is InChI=1S/C61H60N3.Ir/c1-58(2,3)42-20-24-53-49(33-42)50-34-43(59(4,5)6)21-25-54(50)63(53)46-31-41(39-17-15-18-40(30-39)57-48-19-14-13-16-38(48)28-29-62-57)32-47(37-46)64-55-26-22-44(60(7,8)9)35-51(55)52-36-45(61(10,11)12)23-27-56(52)64;/h13-17,19-37H,1-12H3;/q-1;. The molecule has 65 heavy (non-hydrogen) atoms. The minimum Gasteiger partial charge on any atom is -0.309 e. The van der Waals surface area contributed by atoms with E-state index in [2.05, 4.69) is 238 Å². The van der Waals surface area contributed by atoms with Crippen LogP contribution in [0.15, 0.2) is 146 Å². The van der Waals surface area contributed by atoms with Crippen LogP contribution in [0.2, 0.25) is 0 Å². The maximum absolute atomic E-state index is 4.92. The SMILES string of the molecule is CC(C)(C)c1ccc2c(c1)c1cc(C(C)(C)C)ccc1n2-c1cc(-c2cc[c-]c(-c3nccc4ccccc34)c2)cc(-n2c3ccc(C(C)(C)C)cc3c3cc(C(C)(C)C)ccc32)c1.[Ir]. The molecule has 0 N–H and O–H groups in total. The van der Waals surface area contributed by atoms with Gasteiger partial charge in [0, 0.05) is 59.2 Å². The zero-order valence-corrected chi connectivity index (χ0v) is 42.4. The Morgan fingerprint density at radius 3 is 1.23 bits per heavy atom. The number of hydrogen-bond donors (Lipinski definition) is 0. The Balaban J connectivity index is 0.00000533. The predicted molar refractivity (Wildman–Crippen MR) is 275 cm³/mol. The van der Waals surface area contributed by atoms with Crippen LogP contribution < -0.4 is 0 Å². The third-order valence-corrected chi connectivity index (χ3v) is 13.5. The Bertz CT molecular complexity index is 3160. The summed E-state index contributed by atoms with van der Waals surface area (Å²) < 4.78 is 5.00. The Labute approximate surface area is 398 Å². The first kappa shape index (κ1) is 44.4. The van der Waals surface area contributed by atoms with Crippen LogP contribution >= 0.6 is 0 Å². The summed E-state index contributed by atoms with van der Waals surface area (Å²) in [6, 6.07) is 56.3. The average Bonchev–Trinajstić information content (AvgIpc) is 3.76. The van der Waals surface area contributed by atoms with Gasteiger partial charge in [-0.05, 0) is 139 Å². The van der Waals surface area contributed by atoms with Gasteiger partial charge in [0.05, 0.1) is 22.1 Å². The van der Waals surface area contributed by atoms with E-state index in [4.69, 9.17) is 4.98 Å². The fraction of sp³-hybridized carbons (Fsp3) is 0.262. The molecule has 3 nitrogen and oxygen atoms in total. The smallest absolute Gasteiger partial charge is 0.0541 e. The number of pyridine rings is 1. The molecule has 10 aromatic rings. The molecule has 10 rings (SSSR count). The van der Waals surface area contributed by atoms with Crippen LogP contribution in [-0.2, 0) is 41.8 Å². The maximum atomic E-state index is 4.92. The van der Waals surface area contributed by atoms with Crippen molar-refractivity contribution in [1.82, 2.24) is 14.1 Å². The summed E-state index contributed by atoms with van der Waals surface area (Å²) >= 11 is 0. The third kappa shape index (κ3) is 7.83. The predicted octanol–water partition coefficient (Wildman–Crippen LogP) is 16.8. The number of nitrogens with zero attached hydrogens (tertiary/aromatic N) is 3. The quantitative estimate of drug-likeness (QED) is 0.161. The molecule has 0 aliphatic heterocycles. The van der Waals surface area contributed by atoms with Gasteiger partial charge >= 0.3 is 0 Å². The monoisotopic (exact) mass is 1030 g/mol. The summed E-state index contributed by atoms with van der Waals surface area (Å²) in [7, 11) is 0. The molecule has 329 valence electrons. The van der Waals surface area contributed by atoms with Crippen LogP contribution in [0.4, 0.5) is 0 Å². The second-order valence-corrected chi connectivity index (χ2v) is 22.2. The van der Waals surface area contributed by atoms with E-state index in [1.54, 1.807) is 0 Å². The van der Waals surface area contributed by atoms with Crippen molar-refractivity contribution in [2.75, 3.05) is 0 Å². The largest absolute Gasteiger partial charge is 0.309 e. The number of aromatic nitrogens is 3. The van der Waals surface area contributed by atoms with E-state index in [1.807, 2.05) is 6.20 Å². The molecule has 0 aliphatic carbocycles. The molecule has 0 aliphatic rings. The van der Waals surface area contributed by atoms with E-state index in [1.165, 1.54) is 71.3 Å². The first-order valence-electron chi connectivity index (χ1n) is 22.9. The van der Waals surface area contributed by atoms with Crippen LogP contribution in [-0.4, -0.2) is 14.1 Å². The molecule has 4 heteroatoms. The van der Waals surface area contributed by atoms with Crippen molar-refractivity contribution < 1.29 is 20.1 Å². The van der Waals surface area contributed by atoms with E-state index in [9.17, 15) is 0 Å². The van der Waals surface area contributed by atoms with Gasteiger partial charge < -0.3 is 14.1 Å². The van der Waals surface area contributed by atoms with E-state index in [-0.39, 0.29) is 41.8 Å². The van der Waals surface area contributed by atoms with Crippen molar-refractivity contribution in [3.05, 3.63) is 174 Å². The molecule has 0 saturated carbocycles. The Morgan fingerprint density at radius 1 is 0.400 bits per heavy atom. The van der Waals surface area contributed by atoms with Crippen LogP contribution in [0.3, 0.4) is 0 Å². The van der Waals surface area contributed by atoms with Gasteiger partial charge in [-0.15, -0.1) is 35.4 Å². The van der Waals surface area contributed by atoms with E-state index in [0.29, 0.717) is 0 Å². The zero-order valence-electron chi connectivity index (χ0n) is 40.0. The van der Waals surface area contributed by atoms with Gasteiger partial charge in [0.15, 0.2) is 0 Å². The third-order valence-electron chi connectivity index (χ3n) is 13.5. The minimum atomic E-state index is 0. The summed E-state index contributed by atoms with van der Waals surface area (Å²) in [6.07, 6.45) is 1.91. The Kier molecular flexibility index (Phi) is 10.7. The number of benzene rings is 7. The number of fused-ring (bicyclic) bond motifs is 7. The van der Waals surface area contributed by atoms with Crippen molar-refractivity contribution >= 4 is 54.4 Å². The summed E-state index contributed by atoms with van der Waals surface area (Å²) in [5, 5.41) is 7.40. The summed E-state index contributed by atoms with van der Waals surface area (Å²) in [5.41, 5.74) is 16.6. The zero-order chi connectivity index (χ0) is 45.1. The topological polar surface area (TPSA) is 22.8 Å². The second kappa shape index (κ2) is 15.7. The maximum Gasteiger partial charge on any atom is 0.0541 e. The van der Waals surface area contributed by atoms with Gasteiger partial charge in [-0.2, -0.15) is 0 Å². The molecular weight excluding hydrogens is 967 g/mol. The van der Waals surface area contributed by atoms with Crippen LogP contribution in [0.5, 0.6) is 0 Å². The van der Waals surface area contributed by atoms with Crippen LogP contribution in [0, 0.1) is 6.07 Å². The molecule has 0 amide bonds. The van der Waals surface area contributed by atoms with E-state index >= 15 is 0 Å². The molecule has 0 fully saturated rings. The van der Waals surface area contributed by atoms with Crippen molar-refractivity contribution in [2.24, 2.45) is 0 Å². The number of hydrogen-bond acceptors (Lipinski definition) is 1. The van der Waals surface area contributed by atoms with Crippen molar-refractivity contribution in [3.63, 3.8) is 0 Å². The van der Waals surface area contributed by atoms with Crippen molar-refractivity contribution in [2.45, 2.75) is 105 Å². The van der Waals surface area contributed by atoms with Gasteiger partial charge in [-0.25, -0.2) is 0 Å². The van der Waals surface area contributed by atoms with Crippen LogP contribution in [0.1, 0.15) is 105 Å². The molecular formula is C61H60IrN3-. The second-order valence-electron chi connectivity index (χ2n) is 22.2. The molecule has 1 radical (unpaired) electrons. The molecule has 0 saturated heterocycles. The fourth-order valence-electron chi connectivity index (χ4n) is 9.61. The number of rotatable bonds is 4. The van der Waals surface area contributed by atoms with Gasteiger partial charge in [-0.1, -0.05) is 132 Å². The Hall–Kier alpha value is -5.80. The van der Waals surface area contributed by atoms with Gasteiger partial charge in [0.25, 0.3) is 0 Å². The molecule has 0 bridgehead atoms. The normalized spacial score (nSPS) is 12.8. The minimum absolute atomic E-state index is 0. The van der Waals surface area contributed by atoms with Gasteiger partial charge in [-0.3, -0.25) is 0 Å². The van der Waals surface area contributed by atoms with Gasteiger partial charge in [0.2, 0.25) is 0 Å². The molecule has 0 unspecified atom stereocenters. The van der Waals surface area contributed by atoms with E-state index in [0.717, 1.165) is 39.1 Å². The fourth-order valence-corrected chi connectivity index (χ4v) is 9.61. The molecule has 3 heterocycles. The summed E-state index contributed by atoms with van der Waals surface area (Å²) in [5.74, 6) is 0. The molecule has 3 aromatic heterocycles. The molecule has 0 spiro atoms. The van der Waals surface area contributed by atoms with Crippen molar-refractivity contribution in [1.29, 1.82) is 0 Å². The molecule has 7 aromatic carbocycles. The Morgan fingerprint density at radius 2 is 0.815 bits per heavy atom.